The third-order valence-corrected chi connectivity index (χ3v) is 25.0. The van der Waals surface area contributed by atoms with Crippen LogP contribution in [0.1, 0.15) is 148 Å². The van der Waals surface area contributed by atoms with E-state index >= 15 is 0 Å². The third-order valence-electron chi connectivity index (χ3n) is 25.0. The quantitative estimate of drug-likeness (QED) is 0.113. The predicted molar refractivity (Wildman–Crippen MR) is 519 cm³/mol. The van der Waals surface area contributed by atoms with Crippen LogP contribution in [0, 0.1) is 0 Å². The maximum Gasteiger partial charge on any atom is 0.119 e. The van der Waals surface area contributed by atoms with E-state index < -0.39 is 0 Å². The molecule has 8 aromatic carbocycles. The molecule has 32 aliphatic rings. The number of ether oxygens (including phenoxy) is 8. The monoisotopic (exact) mass is 1680 g/mol. The fraction of sp³-hybridized carbons (Fsp3) is 0.214. The van der Waals surface area contributed by atoms with Gasteiger partial charge in [-0.2, -0.15) is 0 Å². The number of hydrogen-bond donors (Lipinski definition) is 4. The van der Waals surface area contributed by atoms with E-state index in [0.717, 1.165) is 327 Å². The van der Waals surface area contributed by atoms with E-state index in [-0.39, 0.29) is 0 Å². The lowest BCUT2D eigenvalue weighted by molar-refractivity contribution is 0.287. The summed E-state index contributed by atoms with van der Waals surface area (Å²) in [6, 6.07) is 85.3. The van der Waals surface area contributed by atoms with Gasteiger partial charge in [-0.25, -0.2) is 19.9 Å². The zero-order chi connectivity index (χ0) is 85.3. The zero-order valence-corrected chi connectivity index (χ0v) is 71.7. The molecule has 6 aromatic heterocycles. The SMILES string of the molecule is C1=Cc2nc1c1c3ccc([nH]3)c3c4nc(c5c6ccc([nH]6)c2-c2ccc(cc2)OCCCCCCOc2ccc(cc2)-c2c6nc(c(c7ccc([nH]7)c(c7nc(c(c8ccc2[nH]8)-c2ccc(cc2)OCCCCCCOc2ccc-5cc2)C=C7)-c2ccc(cc2)OCCCCCCOc2ccc-3cc2)-c2ccc(cc2)OCCCCCCOc2ccc-1cc2)C=C6)C=C4. The minimum absolute atomic E-state index is 0.580. The van der Waals surface area contributed by atoms with Gasteiger partial charge in [-0.15, -0.1) is 0 Å². The van der Waals surface area contributed by atoms with E-state index in [9.17, 15) is 0 Å². The molecule has 0 atom stereocenters. The van der Waals surface area contributed by atoms with Crippen LogP contribution < -0.4 is 37.9 Å². The van der Waals surface area contributed by atoms with Crippen LogP contribution in [0.3, 0.4) is 0 Å². The molecule has 0 aliphatic carbocycles. The minimum atomic E-state index is 0.580. The van der Waals surface area contributed by atoms with Gasteiger partial charge in [0.15, 0.2) is 0 Å². The zero-order valence-electron chi connectivity index (χ0n) is 71.7. The number of hydrogen-bond acceptors (Lipinski definition) is 12. The highest BCUT2D eigenvalue weighted by Crippen LogP contribution is 2.44. The van der Waals surface area contributed by atoms with Crippen LogP contribution in [0.25, 0.3) is 182 Å². The van der Waals surface area contributed by atoms with Crippen molar-refractivity contribution in [2.75, 3.05) is 52.9 Å². The van der Waals surface area contributed by atoms with Gasteiger partial charge < -0.3 is 57.8 Å². The number of H-pyrrole nitrogens is 4. The van der Waals surface area contributed by atoms with E-state index in [4.69, 9.17) is 57.8 Å². The Morgan fingerprint density at radius 2 is 0.258 bits per heavy atom. The molecule has 0 radical (unpaired) electrons. The summed E-state index contributed by atoms with van der Waals surface area (Å²) in [5.74, 6) is 6.41. The molecule has 0 saturated heterocycles. The van der Waals surface area contributed by atoms with Crippen molar-refractivity contribution in [3.05, 3.63) is 288 Å². The van der Waals surface area contributed by atoms with Gasteiger partial charge >= 0.3 is 0 Å². The average Bonchev–Trinajstić information content (AvgIpc) is 1.61. The maximum absolute atomic E-state index is 6.55. The average molecular weight is 1690 g/mol. The summed E-state index contributed by atoms with van der Waals surface area (Å²) in [5, 5.41) is 0. The van der Waals surface area contributed by atoms with Gasteiger partial charge in [0.2, 0.25) is 0 Å². The first kappa shape index (κ1) is 80.5. The highest BCUT2D eigenvalue weighted by Gasteiger charge is 2.25. The first-order valence-corrected chi connectivity index (χ1v) is 45.6. The summed E-state index contributed by atoms with van der Waals surface area (Å²) in [5.41, 5.74) is 29.0. The number of aromatic nitrogens is 8. The van der Waals surface area contributed by atoms with E-state index in [1.165, 1.54) is 0 Å². The van der Waals surface area contributed by atoms with Crippen LogP contribution >= 0.6 is 0 Å². The Labute approximate surface area is 744 Å². The molecular weight excluding hydrogens is 1590 g/mol. The van der Waals surface area contributed by atoms with Crippen molar-refractivity contribution < 1.29 is 37.9 Å². The van der Waals surface area contributed by atoms with Gasteiger partial charge in [-0.05, 0) is 341 Å². The molecule has 14 aromatic rings. The summed E-state index contributed by atoms with van der Waals surface area (Å²) < 4.78 is 52.4. The van der Waals surface area contributed by atoms with Gasteiger partial charge in [-0.3, -0.25) is 0 Å². The third kappa shape index (κ3) is 17.6. The number of rotatable bonds is 0. The molecule has 40 bridgehead atoms. The second-order valence-corrected chi connectivity index (χ2v) is 33.6. The van der Waals surface area contributed by atoms with E-state index in [1.807, 2.05) is 0 Å². The molecule has 16 nitrogen and oxygen atoms in total. The Morgan fingerprint density at radius 3 is 0.375 bits per heavy atom. The Balaban J connectivity index is 0.726. The molecule has 16 heteroatoms. The largest absolute Gasteiger partial charge is 0.494 e. The molecular formula is C112H100N8O8. The summed E-state index contributed by atoms with van der Waals surface area (Å²) in [6.07, 6.45) is 32.3. The first-order valence-electron chi connectivity index (χ1n) is 45.6. The normalized spacial score (nSPS) is 15.1. The number of benzene rings is 8. The maximum atomic E-state index is 6.55. The number of aromatic amines is 4. The lowest BCUT2D eigenvalue weighted by Crippen LogP contribution is -2.00. The topological polar surface area (TPSA) is 189 Å². The summed E-state index contributed by atoms with van der Waals surface area (Å²) in [6.45, 7) is 4.64. The summed E-state index contributed by atoms with van der Waals surface area (Å²) >= 11 is 0. The van der Waals surface area contributed by atoms with Crippen molar-refractivity contribution in [3.63, 3.8) is 0 Å². The van der Waals surface area contributed by atoms with Crippen molar-refractivity contribution in [1.82, 2.24) is 39.9 Å². The molecule has 38 heterocycles. The van der Waals surface area contributed by atoms with Crippen LogP contribution in [-0.2, 0) is 0 Å². The van der Waals surface area contributed by atoms with E-state index in [2.05, 4.69) is 311 Å². The Hall–Kier alpha value is -14.6. The molecule has 0 unspecified atom stereocenters. The van der Waals surface area contributed by atoms with Crippen molar-refractivity contribution in [2.24, 2.45) is 0 Å². The fourth-order valence-corrected chi connectivity index (χ4v) is 18.3. The fourth-order valence-electron chi connectivity index (χ4n) is 18.3. The summed E-state index contributed by atoms with van der Waals surface area (Å²) in [7, 11) is 0. The second-order valence-electron chi connectivity index (χ2n) is 33.6. The molecule has 0 saturated carbocycles. The first-order chi connectivity index (χ1) is 63.4. The van der Waals surface area contributed by atoms with Crippen molar-refractivity contribution in [2.45, 2.75) is 103 Å². The summed E-state index contributed by atoms with van der Waals surface area (Å²) in [4.78, 5) is 38.6. The molecule has 128 heavy (non-hydrogen) atoms. The molecule has 32 aliphatic heterocycles. The van der Waals surface area contributed by atoms with Crippen LogP contribution in [0.4, 0.5) is 0 Å². The highest BCUT2D eigenvalue weighted by atomic mass is 16.5. The molecule has 0 spiro atoms. The highest BCUT2D eigenvalue weighted by molar-refractivity contribution is 6.03. The van der Waals surface area contributed by atoms with Crippen LogP contribution in [-0.4, -0.2) is 92.7 Å². The van der Waals surface area contributed by atoms with Crippen LogP contribution in [0.5, 0.6) is 46.0 Å². The lowest BCUT2D eigenvalue weighted by atomic mass is 10.0. The van der Waals surface area contributed by atoms with E-state index in [0.29, 0.717) is 52.9 Å². The lowest BCUT2D eigenvalue weighted by Gasteiger charge is -2.11. The Kier molecular flexibility index (Phi) is 23.4. The molecule has 636 valence electrons. The molecule has 4 N–H and O–H groups in total. The Bertz CT molecular complexity index is 5670. The van der Waals surface area contributed by atoms with Gasteiger partial charge in [0.25, 0.3) is 0 Å². The van der Waals surface area contributed by atoms with Gasteiger partial charge in [0.05, 0.1) is 98.4 Å². The predicted octanol–water partition coefficient (Wildman–Crippen LogP) is 28.0. The van der Waals surface area contributed by atoms with Crippen molar-refractivity contribution >= 4 is 92.7 Å². The van der Waals surface area contributed by atoms with Crippen LogP contribution in [0.15, 0.2) is 243 Å². The van der Waals surface area contributed by atoms with E-state index in [1.54, 1.807) is 0 Å². The van der Waals surface area contributed by atoms with Gasteiger partial charge in [-0.1, -0.05) is 97.1 Å². The van der Waals surface area contributed by atoms with Crippen LogP contribution in [0.2, 0.25) is 0 Å². The molecule has 0 amide bonds. The molecule has 0 fully saturated rings. The smallest absolute Gasteiger partial charge is 0.119 e. The Morgan fingerprint density at radius 1 is 0.141 bits per heavy atom. The number of nitrogens with zero attached hydrogens (tertiary/aromatic N) is 4. The standard InChI is InChI=1S/C112H100N8O8/c1-2-10-66-122-82-35-19-74(20-36-82)106-91-53-55-95(115-91)109-77-25-41-85(42-26-77)125-69-13-5-3-11-67-123-83-37-21-75(22-38-83)107-93-51-49-89(113-93)105(73-17-33-81(34-18-73)121-65-9-1)90-50-52-94(114-90)108-76-23-39-84(40-24-76)124-68-12-4-6-14-70-126-86-43-27-78(28-44-86)110(96-56-54-92(106)116-96)100-62-64-104(120-100)112(103-63-61-99(109)119-103)80-31-47-88(48-32-80)128-72-16-8-7-15-71-127-87-45-29-79(30-46-87)111(101-59-57-97(107)117-101)102-60-58-98(108)118-102/h17-64,113,115,118,120H,1-16,65-72H2. The minimum Gasteiger partial charge on any atom is -0.494 e. The second kappa shape index (κ2) is 37.3. The van der Waals surface area contributed by atoms with Crippen molar-refractivity contribution in [3.8, 4) is 135 Å². The molecule has 46 rings (SSSR count). The van der Waals surface area contributed by atoms with Gasteiger partial charge in [0, 0.05) is 88.6 Å². The van der Waals surface area contributed by atoms with Crippen molar-refractivity contribution in [1.29, 1.82) is 0 Å². The number of nitrogens with one attached hydrogen (secondary N) is 4. The van der Waals surface area contributed by atoms with Gasteiger partial charge in [0.1, 0.15) is 46.0 Å².